The fourth-order valence-corrected chi connectivity index (χ4v) is 5.84. The summed E-state index contributed by atoms with van der Waals surface area (Å²) >= 11 is 0. The molecule has 0 spiro atoms. The Morgan fingerprint density at radius 2 is 1.77 bits per heavy atom. The second-order valence-electron chi connectivity index (χ2n) is 8.33. The largest absolute Gasteiger partial charge is 0.494 e. The first-order valence-corrected chi connectivity index (χ1v) is 12.2. The maximum atomic E-state index is 13.2. The summed E-state index contributed by atoms with van der Waals surface area (Å²) in [6, 6.07) is 8.99. The molecule has 0 aromatic heterocycles. The highest BCUT2D eigenvalue weighted by molar-refractivity contribution is 7.89. The van der Waals surface area contributed by atoms with E-state index in [1.54, 1.807) is 18.2 Å². The van der Waals surface area contributed by atoms with Gasteiger partial charge in [-0.3, -0.25) is 4.79 Å². The topological polar surface area (TPSA) is 75.7 Å². The highest BCUT2D eigenvalue weighted by atomic mass is 32.2. The zero-order chi connectivity index (χ0) is 22.8. The molecule has 1 amide bonds. The fraction of sp³-hybridized carbons (Fsp3) is 0.458. The second-order valence-corrected chi connectivity index (χ2v) is 10.3. The molecular formula is C24H32N2O4S. The van der Waals surface area contributed by atoms with Crippen molar-refractivity contribution in [3.63, 3.8) is 0 Å². The molecule has 7 heteroatoms. The first kappa shape index (κ1) is 23.3. The molecular weight excluding hydrogens is 412 g/mol. The summed E-state index contributed by atoms with van der Waals surface area (Å²) in [7, 11) is -3.68. The molecule has 0 radical (unpaired) electrons. The monoisotopic (exact) mass is 444 g/mol. The molecule has 3 rings (SSSR count). The lowest BCUT2D eigenvalue weighted by Gasteiger charge is -2.31. The van der Waals surface area contributed by atoms with Gasteiger partial charge in [0.2, 0.25) is 15.9 Å². The van der Waals surface area contributed by atoms with Crippen LogP contribution in [0.2, 0.25) is 0 Å². The molecule has 2 aromatic carbocycles. The minimum absolute atomic E-state index is 0.127. The van der Waals surface area contributed by atoms with E-state index in [4.69, 9.17) is 4.74 Å². The van der Waals surface area contributed by atoms with E-state index < -0.39 is 10.0 Å². The molecule has 1 heterocycles. The Balaban J connectivity index is 1.77. The molecule has 31 heavy (non-hydrogen) atoms. The van der Waals surface area contributed by atoms with Crippen LogP contribution in [0.4, 0.5) is 5.69 Å². The Morgan fingerprint density at radius 3 is 2.39 bits per heavy atom. The molecule has 0 bridgehead atoms. The summed E-state index contributed by atoms with van der Waals surface area (Å²) in [5.74, 6) is 0.173. The molecule has 2 aromatic rings. The predicted octanol–water partition coefficient (Wildman–Crippen LogP) is 4.36. The van der Waals surface area contributed by atoms with Crippen LogP contribution in [0.3, 0.4) is 0 Å². The van der Waals surface area contributed by atoms with Gasteiger partial charge in [0, 0.05) is 18.8 Å². The third kappa shape index (κ3) is 5.10. The van der Waals surface area contributed by atoms with Gasteiger partial charge < -0.3 is 10.1 Å². The number of hydrogen-bond donors (Lipinski definition) is 1. The SMILES string of the molecule is CCOc1ccc(S(=O)(=O)N2CCC[C@H](C(=O)Nc3c(C)cc(C)cc3C)C2)cc1C. The van der Waals surface area contributed by atoms with Crippen molar-refractivity contribution >= 4 is 21.6 Å². The lowest BCUT2D eigenvalue weighted by molar-refractivity contribution is -0.120. The van der Waals surface area contributed by atoms with Crippen LogP contribution < -0.4 is 10.1 Å². The van der Waals surface area contributed by atoms with Gasteiger partial charge in [-0.1, -0.05) is 17.7 Å². The quantitative estimate of drug-likeness (QED) is 0.718. The van der Waals surface area contributed by atoms with Gasteiger partial charge in [-0.2, -0.15) is 4.31 Å². The maximum absolute atomic E-state index is 13.2. The number of benzene rings is 2. The van der Waals surface area contributed by atoms with Crippen LogP contribution in [-0.4, -0.2) is 38.3 Å². The van der Waals surface area contributed by atoms with E-state index in [0.29, 0.717) is 31.7 Å². The fourth-order valence-electron chi connectivity index (χ4n) is 4.23. The third-order valence-electron chi connectivity index (χ3n) is 5.76. The highest BCUT2D eigenvalue weighted by Crippen LogP contribution is 2.29. The minimum Gasteiger partial charge on any atom is -0.494 e. The number of piperidine rings is 1. The van der Waals surface area contributed by atoms with E-state index in [-0.39, 0.29) is 23.3 Å². The van der Waals surface area contributed by atoms with Gasteiger partial charge in [-0.05, 0) is 82.3 Å². The van der Waals surface area contributed by atoms with Crippen LogP contribution >= 0.6 is 0 Å². The molecule has 0 saturated carbocycles. The zero-order valence-electron chi connectivity index (χ0n) is 19.0. The van der Waals surface area contributed by atoms with Gasteiger partial charge in [0.1, 0.15) is 5.75 Å². The smallest absolute Gasteiger partial charge is 0.243 e. The molecule has 0 unspecified atom stereocenters. The lowest BCUT2D eigenvalue weighted by Crippen LogP contribution is -2.43. The summed E-state index contributed by atoms with van der Waals surface area (Å²) in [4.78, 5) is 13.2. The molecule has 1 fully saturated rings. The van der Waals surface area contributed by atoms with Gasteiger partial charge >= 0.3 is 0 Å². The standard InChI is InChI=1S/C24H32N2O4S/c1-6-30-22-10-9-21(14-17(22)3)31(28,29)26-11-7-8-20(15-26)24(27)25-23-18(4)12-16(2)13-19(23)5/h9-10,12-14,20H,6-8,11,15H2,1-5H3,(H,25,27)/t20-/m0/s1. The van der Waals surface area contributed by atoms with Crippen molar-refractivity contribution < 1.29 is 17.9 Å². The Morgan fingerprint density at radius 1 is 1.10 bits per heavy atom. The minimum atomic E-state index is -3.68. The number of aryl methyl sites for hydroxylation is 4. The number of carbonyl (C=O) groups excluding carboxylic acids is 1. The van der Waals surface area contributed by atoms with Crippen LogP contribution in [0, 0.1) is 33.6 Å². The number of amides is 1. The summed E-state index contributed by atoms with van der Waals surface area (Å²) in [6.45, 7) is 10.8. The average Bonchev–Trinajstić information content (AvgIpc) is 2.72. The number of ether oxygens (including phenoxy) is 1. The Kier molecular flexibility index (Phi) is 7.06. The van der Waals surface area contributed by atoms with Gasteiger partial charge in [0.15, 0.2) is 0 Å². The van der Waals surface area contributed by atoms with Crippen molar-refractivity contribution in [3.8, 4) is 5.75 Å². The van der Waals surface area contributed by atoms with Crippen molar-refractivity contribution in [2.45, 2.75) is 52.4 Å². The molecule has 6 nitrogen and oxygen atoms in total. The van der Waals surface area contributed by atoms with Crippen molar-refractivity contribution in [1.82, 2.24) is 4.31 Å². The Bertz CT molecular complexity index is 1060. The number of hydrogen-bond acceptors (Lipinski definition) is 4. The highest BCUT2D eigenvalue weighted by Gasteiger charge is 2.33. The number of nitrogens with one attached hydrogen (secondary N) is 1. The summed E-state index contributed by atoms with van der Waals surface area (Å²) in [6.07, 6.45) is 1.32. The van der Waals surface area contributed by atoms with Crippen molar-refractivity contribution in [1.29, 1.82) is 0 Å². The Hall–Kier alpha value is -2.38. The van der Waals surface area contributed by atoms with Crippen LogP contribution in [0.1, 0.15) is 42.0 Å². The molecule has 1 saturated heterocycles. The van der Waals surface area contributed by atoms with E-state index >= 15 is 0 Å². The van der Waals surface area contributed by atoms with E-state index in [1.807, 2.05) is 46.8 Å². The second kappa shape index (κ2) is 9.40. The van der Waals surface area contributed by atoms with Crippen molar-refractivity contribution in [3.05, 3.63) is 52.6 Å². The van der Waals surface area contributed by atoms with Gasteiger partial charge in [0.05, 0.1) is 17.4 Å². The summed E-state index contributed by atoms with van der Waals surface area (Å²) in [5, 5.41) is 3.04. The van der Waals surface area contributed by atoms with Crippen LogP contribution in [-0.2, 0) is 14.8 Å². The first-order valence-electron chi connectivity index (χ1n) is 10.8. The maximum Gasteiger partial charge on any atom is 0.243 e. The van der Waals surface area contributed by atoms with Crippen LogP contribution in [0.5, 0.6) is 5.75 Å². The predicted molar refractivity (Wildman–Crippen MR) is 123 cm³/mol. The van der Waals surface area contributed by atoms with Gasteiger partial charge in [0.25, 0.3) is 0 Å². The van der Waals surface area contributed by atoms with Gasteiger partial charge in [-0.15, -0.1) is 0 Å². The number of sulfonamides is 1. The Labute approximate surface area is 185 Å². The van der Waals surface area contributed by atoms with E-state index in [9.17, 15) is 13.2 Å². The summed E-state index contributed by atoms with van der Waals surface area (Å²) < 4.78 is 33.4. The lowest BCUT2D eigenvalue weighted by atomic mass is 9.98. The summed E-state index contributed by atoms with van der Waals surface area (Å²) in [5.41, 5.74) is 4.76. The van der Waals surface area contributed by atoms with Gasteiger partial charge in [-0.25, -0.2) is 8.42 Å². The van der Waals surface area contributed by atoms with Crippen molar-refractivity contribution in [2.24, 2.45) is 5.92 Å². The van der Waals surface area contributed by atoms with E-state index in [1.165, 1.54) is 4.31 Å². The van der Waals surface area contributed by atoms with E-state index in [2.05, 4.69) is 5.32 Å². The normalized spacial score (nSPS) is 17.4. The number of rotatable bonds is 6. The number of nitrogens with zero attached hydrogens (tertiary/aromatic N) is 1. The average molecular weight is 445 g/mol. The number of anilines is 1. The third-order valence-corrected chi connectivity index (χ3v) is 7.63. The molecule has 168 valence electrons. The van der Waals surface area contributed by atoms with Crippen LogP contribution in [0.25, 0.3) is 0 Å². The van der Waals surface area contributed by atoms with E-state index in [0.717, 1.165) is 27.9 Å². The molecule has 0 aliphatic carbocycles. The first-order chi connectivity index (χ1) is 14.6. The zero-order valence-corrected chi connectivity index (χ0v) is 19.8. The number of carbonyl (C=O) groups is 1. The van der Waals surface area contributed by atoms with Crippen molar-refractivity contribution in [2.75, 3.05) is 25.0 Å². The molecule has 1 aliphatic rings. The van der Waals surface area contributed by atoms with Crippen LogP contribution in [0.15, 0.2) is 35.2 Å². The molecule has 1 N–H and O–H groups in total. The molecule has 1 atom stereocenters. The molecule has 1 aliphatic heterocycles.